The van der Waals surface area contributed by atoms with Crippen molar-refractivity contribution >= 4 is 22.2 Å². The molecule has 1 atom stereocenters. The molecule has 1 amide bonds. The van der Waals surface area contributed by atoms with Crippen LogP contribution in [0.1, 0.15) is 60.0 Å². The second-order valence-electron chi connectivity index (χ2n) is 9.00. The molecule has 0 radical (unpaired) electrons. The highest BCUT2D eigenvalue weighted by molar-refractivity contribution is 7.16. The predicted octanol–water partition coefficient (Wildman–Crippen LogP) is 7.08. The SMILES string of the molecule is CCC(C)(C)C1CCc2c(sc(NC(=O)c3ccc(-c4ccccc4)cc3)c2C#N)C1. The third kappa shape index (κ3) is 4.29. The zero-order valence-corrected chi connectivity index (χ0v) is 19.2. The molecule has 1 unspecified atom stereocenters. The fourth-order valence-electron chi connectivity index (χ4n) is 4.37. The van der Waals surface area contributed by atoms with Crippen molar-refractivity contribution in [1.82, 2.24) is 0 Å². The van der Waals surface area contributed by atoms with Crippen LogP contribution in [0.25, 0.3) is 11.1 Å². The third-order valence-electron chi connectivity index (χ3n) is 6.87. The van der Waals surface area contributed by atoms with Gasteiger partial charge in [-0.25, -0.2) is 0 Å². The van der Waals surface area contributed by atoms with Gasteiger partial charge in [-0.1, -0.05) is 69.7 Å². The van der Waals surface area contributed by atoms with Crippen molar-refractivity contribution < 1.29 is 4.79 Å². The summed E-state index contributed by atoms with van der Waals surface area (Å²) in [5, 5.41) is 13.5. The lowest BCUT2D eigenvalue weighted by atomic mass is 9.69. The van der Waals surface area contributed by atoms with E-state index in [1.54, 1.807) is 11.3 Å². The van der Waals surface area contributed by atoms with Crippen LogP contribution in [0.5, 0.6) is 0 Å². The highest BCUT2D eigenvalue weighted by Gasteiger charge is 2.34. The zero-order valence-electron chi connectivity index (χ0n) is 18.4. The van der Waals surface area contributed by atoms with E-state index < -0.39 is 0 Å². The van der Waals surface area contributed by atoms with Crippen LogP contribution in [0.3, 0.4) is 0 Å². The second-order valence-corrected chi connectivity index (χ2v) is 10.1. The summed E-state index contributed by atoms with van der Waals surface area (Å²) in [4.78, 5) is 14.2. The minimum atomic E-state index is -0.167. The second kappa shape index (κ2) is 8.69. The van der Waals surface area contributed by atoms with Crippen LogP contribution in [-0.2, 0) is 12.8 Å². The molecule has 31 heavy (non-hydrogen) atoms. The molecule has 4 heteroatoms. The van der Waals surface area contributed by atoms with Gasteiger partial charge < -0.3 is 5.32 Å². The first-order valence-electron chi connectivity index (χ1n) is 10.9. The van der Waals surface area contributed by atoms with Gasteiger partial charge in [-0.2, -0.15) is 5.26 Å². The summed E-state index contributed by atoms with van der Waals surface area (Å²) in [6, 6.07) is 20.1. The van der Waals surface area contributed by atoms with Crippen LogP contribution in [0.2, 0.25) is 0 Å². The molecule has 2 aromatic carbocycles. The van der Waals surface area contributed by atoms with Gasteiger partial charge in [0.25, 0.3) is 5.91 Å². The Morgan fingerprint density at radius 3 is 2.45 bits per heavy atom. The number of fused-ring (bicyclic) bond motifs is 1. The van der Waals surface area contributed by atoms with Gasteiger partial charge in [0.1, 0.15) is 11.1 Å². The van der Waals surface area contributed by atoms with Gasteiger partial charge in [-0.3, -0.25) is 4.79 Å². The average Bonchev–Trinajstić information content (AvgIpc) is 3.15. The van der Waals surface area contributed by atoms with E-state index >= 15 is 0 Å². The van der Waals surface area contributed by atoms with E-state index in [0.29, 0.717) is 27.5 Å². The van der Waals surface area contributed by atoms with Gasteiger partial charge in [0.2, 0.25) is 0 Å². The van der Waals surface area contributed by atoms with Crippen LogP contribution in [0.15, 0.2) is 54.6 Å². The summed E-state index contributed by atoms with van der Waals surface area (Å²) in [5.41, 5.74) is 4.88. The van der Waals surface area contributed by atoms with E-state index in [2.05, 4.69) is 44.3 Å². The molecule has 1 heterocycles. The number of carbonyl (C=O) groups excluding carboxylic acids is 1. The van der Waals surface area contributed by atoms with Gasteiger partial charge >= 0.3 is 0 Å². The van der Waals surface area contributed by atoms with E-state index in [1.165, 1.54) is 4.88 Å². The number of hydrogen-bond donors (Lipinski definition) is 1. The van der Waals surface area contributed by atoms with E-state index in [4.69, 9.17) is 0 Å². The molecule has 1 aliphatic carbocycles. The number of nitriles is 1. The molecule has 1 aliphatic rings. The Kier molecular flexibility index (Phi) is 5.98. The minimum Gasteiger partial charge on any atom is -0.312 e. The molecule has 0 saturated heterocycles. The summed E-state index contributed by atoms with van der Waals surface area (Å²) in [7, 11) is 0. The number of amides is 1. The maximum atomic E-state index is 12.9. The van der Waals surface area contributed by atoms with Crippen molar-refractivity contribution in [2.24, 2.45) is 11.3 Å². The number of rotatable bonds is 5. The normalized spacial score (nSPS) is 15.7. The number of thiophene rings is 1. The average molecular weight is 429 g/mol. The van der Waals surface area contributed by atoms with Crippen molar-refractivity contribution in [2.75, 3.05) is 5.32 Å². The third-order valence-corrected chi connectivity index (χ3v) is 8.04. The Bertz CT molecular complexity index is 1120. The zero-order chi connectivity index (χ0) is 22.0. The number of hydrogen-bond acceptors (Lipinski definition) is 3. The number of anilines is 1. The van der Waals surface area contributed by atoms with Crippen molar-refractivity contribution in [2.45, 2.75) is 46.5 Å². The molecule has 4 rings (SSSR count). The quantitative estimate of drug-likeness (QED) is 0.472. The molecule has 1 aromatic heterocycles. The molecule has 0 bridgehead atoms. The van der Waals surface area contributed by atoms with Gasteiger partial charge in [-0.15, -0.1) is 11.3 Å². The summed E-state index contributed by atoms with van der Waals surface area (Å²) < 4.78 is 0. The largest absolute Gasteiger partial charge is 0.312 e. The van der Waals surface area contributed by atoms with Gasteiger partial charge in [0.15, 0.2) is 0 Å². The molecule has 0 spiro atoms. The lowest BCUT2D eigenvalue weighted by molar-refractivity contribution is 0.102. The number of benzene rings is 2. The predicted molar refractivity (Wildman–Crippen MR) is 128 cm³/mol. The Labute approximate surface area is 188 Å². The lowest BCUT2D eigenvalue weighted by Crippen LogP contribution is -2.28. The number of nitrogens with zero attached hydrogens (tertiary/aromatic N) is 1. The first-order chi connectivity index (χ1) is 14.9. The Morgan fingerprint density at radius 2 is 1.81 bits per heavy atom. The summed E-state index contributed by atoms with van der Waals surface area (Å²) in [6.07, 6.45) is 4.17. The Morgan fingerprint density at radius 1 is 1.13 bits per heavy atom. The van der Waals surface area contributed by atoms with Crippen molar-refractivity contribution in [1.29, 1.82) is 5.26 Å². The molecule has 3 aromatic rings. The summed E-state index contributed by atoms with van der Waals surface area (Å²) >= 11 is 1.59. The molecule has 0 aliphatic heterocycles. The van der Waals surface area contributed by atoms with Gasteiger partial charge in [0.05, 0.1) is 5.56 Å². The molecular formula is C27H28N2OS. The van der Waals surface area contributed by atoms with Crippen molar-refractivity contribution in [3.05, 3.63) is 76.2 Å². The van der Waals surface area contributed by atoms with E-state index in [9.17, 15) is 10.1 Å². The summed E-state index contributed by atoms with van der Waals surface area (Å²) in [5.74, 6) is 0.449. The fraction of sp³-hybridized carbons (Fsp3) is 0.333. The highest BCUT2D eigenvalue weighted by atomic mass is 32.1. The maximum absolute atomic E-state index is 12.9. The van der Waals surface area contributed by atoms with Crippen molar-refractivity contribution in [3.8, 4) is 17.2 Å². The van der Waals surface area contributed by atoms with Crippen LogP contribution in [0.4, 0.5) is 5.00 Å². The molecule has 3 nitrogen and oxygen atoms in total. The highest BCUT2D eigenvalue weighted by Crippen LogP contribution is 2.45. The molecular weight excluding hydrogens is 400 g/mol. The minimum absolute atomic E-state index is 0.167. The molecule has 0 saturated carbocycles. The fourth-order valence-corrected chi connectivity index (χ4v) is 5.64. The smallest absolute Gasteiger partial charge is 0.256 e. The first-order valence-corrected chi connectivity index (χ1v) is 11.8. The summed E-state index contributed by atoms with van der Waals surface area (Å²) in [6.45, 7) is 6.92. The van der Waals surface area contributed by atoms with E-state index in [1.807, 2.05) is 42.5 Å². The van der Waals surface area contributed by atoms with Crippen LogP contribution >= 0.6 is 11.3 Å². The van der Waals surface area contributed by atoms with E-state index in [0.717, 1.165) is 42.4 Å². The van der Waals surface area contributed by atoms with Crippen LogP contribution < -0.4 is 5.32 Å². The number of nitrogens with one attached hydrogen (secondary N) is 1. The maximum Gasteiger partial charge on any atom is 0.256 e. The standard InChI is InChI=1S/C27H28N2OS/c1-4-27(2,3)21-14-15-22-23(17-28)26(31-24(22)16-21)29-25(30)20-12-10-19(11-13-20)18-8-6-5-7-9-18/h5-13,21H,4,14-16H2,1-3H3,(H,29,30). The first kappa shape index (κ1) is 21.3. The molecule has 1 N–H and O–H groups in total. The Balaban J connectivity index is 1.53. The van der Waals surface area contributed by atoms with E-state index in [-0.39, 0.29) is 5.91 Å². The monoisotopic (exact) mass is 428 g/mol. The van der Waals surface area contributed by atoms with Crippen LogP contribution in [-0.4, -0.2) is 5.91 Å². The van der Waals surface area contributed by atoms with Crippen molar-refractivity contribution in [3.63, 3.8) is 0 Å². The number of carbonyl (C=O) groups is 1. The van der Waals surface area contributed by atoms with Gasteiger partial charge in [0, 0.05) is 10.4 Å². The van der Waals surface area contributed by atoms with Gasteiger partial charge in [-0.05, 0) is 59.4 Å². The topological polar surface area (TPSA) is 52.9 Å². The lowest BCUT2D eigenvalue weighted by Gasteiger charge is -2.36. The Hall–Kier alpha value is -2.90. The molecule has 158 valence electrons. The molecule has 0 fully saturated rings. The van der Waals surface area contributed by atoms with Crippen LogP contribution in [0, 0.1) is 22.7 Å².